The highest BCUT2D eigenvalue weighted by Gasteiger charge is 2.21. The van der Waals surface area contributed by atoms with E-state index >= 15 is 0 Å². The maximum atomic E-state index is 12.7. The molecule has 0 saturated carbocycles. The van der Waals surface area contributed by atoms with E-state index in [4.69, 9.17) is 28.3 Å². The summed E-state index contributed by atoms with van der Waals surface area (Å²) in [7, 11) is 0. The van der Waals surface area contributed by atoms with E-state index in [0.717, 1.165) is 44.8 Å². The zero-order valence-corrected chi connectivity index (χ0v) is 23.2. The third kappa shape index (κ3) is 6.07. The van der Waals surface area contributed by atoms with Crippen molar-refractivity contribution >= 4 is 62.5 Å². The number of allylic oxidation sites excluding steroid dienone is 1. The number of nitrogens with one attached hydrogen (secondary N) is 1. The van der Waals surface area contributed by atoms with Gasteiger partial charge in [0.25, 0.3) is 5.91 Å². The number of unbranched alkanes of at least 4 members (excludes halogenated alkanes) is 1. The van der Waals surface area contributed by atoms with E-state index in [1.165, 1.54) is 4.88 Å². The van der Waals surface area contributed by atoms with Crippen LogP contribution >= 0.6 is 50.5 Å². The number of rotatable bonds is 8. The van der Waals surface area contributed by atoms with Crippen LogP contribution in [0, 0.1) is 6.92 Å². The Bertz CT molecular complexity index is 1380. The molecule has 2 heterocycles. The Balaban J connectivity index is 1.70. The second kappa shape index (κ2) is 11.6. The Morgan fingerprint density at radius 2 is 1.91 bits per heavy atom. The number of carbonyl (C=O) groups excluding carboxylic acids is 1. The summed E-state index contributed by atoms with van der Waals surface area (Å²) in [5.74, 6) is -0.156. The van der Waals surface area contributed by atoms with E-state index in [1.54, 1.807) is 35.6 Å². The van der Waals surface area contributed by atoms with Crippen molar-refractivity contribution in [1.29, 1.82) is 0 Å². The van der Waals surface area contributed by atoms with Crippen LogP contribution in [0.15, 0.2) is 65.1 Å². The zero-order valence-electron chi connectivity index (χ0n) is 19.3. The number of halogens is 3. The lowest BCUT2D eigenvalue weighted by Crippen LogP contribution is -2.23. The summed E-state index contributed by atoms with van der Waals surface area (Å²) in [4.78, 5) is 14.9. The lowest BCUT2D eigenvalue weighted by atomic mass is 10.1. The van der Waals surface area contributed by atoms with Gasteiger partial charge in [0, 0.05) is 25.5 Å². The van der Waals surface area contributed by atoms with E-state index < -0.39 is 0 Å². The first-order valence-electron chi connectivity index (χ1n) is 11.2. The summed E-state index contributed by atoms with van der Waals surface area (Å²) in [5.41, 5.74) is 4.03. The highest BCUT2D eigenvalue weighted by Crippen LogP contribution is 2.36. The summed E-state index contributed by atoms with van der Waals surface area (Å²) in [6.45, 7) is 4.48. The molecule has 0 aliphatic carbocycles. The van der Waals surface area contributed by atoms with Crippen LogP contribution in [0.2, 0.25) is 10.0 Å². The molecule has 0 atom stereocenters. The highest BCUT2D eigenvalue weighted by atomic mass is 79.9. The lowest BCUT2D eigenvalue weighted by Gasteiger charge is -2.09. The standard InChI is InChI=1S/C27H24BrCl2N3OS/c1-3-4-5-6-21-12-14-25(35-21)26-17(2)23(16-31-27(34)18-7-9-19(28)10-8-18)32-33(26)24-13-11-20(29)15-22(24)30/h5-15H,3-4,16H2,1-2H3,(H,31,34). The van der Waals surface area contributed by atoms with Crippen LogP contribution in [0.1, 0.15) is 46.3 Å². The van der Waals surface area contributed by atoms with Gasteiger partial charge in [-0.1, -0.05) is 58.6 Å². The van der Waals surface area contributed by atoms with Crippen molar-refractivity contribution < 1.29 is 4.79 Å². The van der Waals surface area contributed by atoms with Crippen molar-refractivity contribution in [2.75, 3.05) is 0 Å². The Morgan fingerprint density at radius 1 is 1.14 bits per heavy atom. The molecule has 2 aromatic carbocycles. The van der Waals surface area contributed by atoms with E-state index in [2.05, 4.69) is 52.5 Å². The van der Waals surface area contributed by atoms with Gasteiger partial charge in [-0.3, -0.25) is 4.79 Å². The summed E-state index contributed by atoms with van der Waals surface area (Å²) < 4.78 is 2.77. The minimum absolute atomic E-state index is 0.156. The molecule has 35 heavy (non-hydrogen) atoms. The Kier molecular flexibility index (Phi) is 8.50. The third-order valence-electron chi connectivity index (χ3n) is 5.48. The molecule has 4 aromatic rings. The van der Waals surface area contributed by atoms with Gasteiger partial charge in [0.2, 0.25) is 0 Å². The second-order valence-corrected chi connectivity index (χ2v) is 10.9. The molecule has 0 aliphatic heterocycles. The number of hydrogen-bond acceptors (Lipinski definition) is 3. The Hall–Kier alpha value is -2.38. The van der Waals surface area contributed by atoms with Crippen molar-refractivity contribution in [3.8, 4) is 16.3 Å². The van der Waals surface area contributed by atoms with Gasteiger partial charge in [0.05, 0.1) is 33.5 Å². The summed E-state index contributed by atoms with van der Waals surface area (Å²) in [6.07, 6.45) is 6.51. The van der Waals surface area contributed by atoms with Gasteiger partial charge < -0.3 is 5.32 Å². The fourth-order valence-corrected chi connectivity index (χ4v) is 5.41. The van der Waals surface area contributed by atoms with Crippen LogP contribution in [-0.4, -0.2) is 15.7 Å². The average molecular weight is 589 g/mol. The van der Waals surface area contributed by atoms with Crippen LogP contribution in [0.4, 0.5) is 0 Å². The summed E-state index contributed by atoms with van der Waals surface area (Å²) in [5, 5.41) is 8.92. The van der Waals surface area contributed by atoms with E-state index in [1.807, 2.05) is 29.8 Å². The predicted octanol–water partition coefficient (Wildman–Crippen LogP) is 8.72. The monoisotopic (exact) mass is 587 g/mol. The van der Waals surface area contributed by atoms with E-state index in [-0.39, 0.29) is 5.91 Å². The average Bonchev–Trinajstić information content (AvgIpc) is 3.42. The number of benzene rings is 2. The fourth-order valence-electron chi connectivity index (χ4n) is 3.63. The first kappa shape index (κ1) is 25.7. The van der Waals surface area contributed by atoms with Gasteiger partial charge in [-0.15, -0.1) is 11.3 Å². The summed E-state index contributed by atoms with van der Waals surface area (Å²) >= 11 is 17.8. The van der Waals surface area contributed by atoms with Gasteiger partial charge in [0.1, 0.15) is 0 Å². The van der Waals surface area contributed by atoms with Crippen molar-refractivity contribution in [3.63, 3.8) is 0 Å². The van der Waals surface area contributed by atoms with Crippen molar-refractivity contribution in [2.45, 2.75) is 33.2 Å². The SMILES string of the molecule is CCCC=Cc1ccc(-c2c(C)c(CNC(=O)c3ccc(Br)cc3)nn2-c2ccc(Cl)cc2Cl)s1. The molecule has 180 valence electrons. The number of thiophene rings is 1. The zero-order chi connectivity index (χ0) is 24.9. The van der Waals surface area contributed by atoms with Gasteiger partial charge in [-0.2, -0.15) is 5.10 Å². The maximum Gasteiger partial charge on any atom is 0.251 e. The quantitative estimate of drug-likeness (QED) is 0.224. The molecule has 0 fully saturated rings. The van der Waals surface area contributed by atoms with Crippen LogP contribution < -0.4 is 5.32 Å². The van der Waals surface area contributed by atoms with Crippen molar-refractivity contribution in [1.82, 2.24) is 15.1 Å². The van der Waals surface area contributed by atoms with Gasteiger partial charge >= 0.3 is 0 Å². The van der Waals surface area contributed by atoms with Crippen LogP contribution in [0.5, 0.6) is 0 Å². The maximum absolute atomic E-state index is 12.7. The van der Waals surface area contributed by atoms with Gasteiger partial charge in [-0.05, 0) is 74.0 Å². The molecule has 0 unspecified atom stereocenters. The topological polar surface area (TPSA) is 46.9 Å². The molecular formula is C27H24BrCl2N3OS. The Labute approximate surface area is 227 Å². The number of amides is 1. The molecule has 8 heteroatoms. The Morgan fingerprint density at radius 3 is 2.63 bits per heavy atom. The third-order valence-corrected chi connectivity index (χ3v) is 7.60. The molecule has 1 N–H and O–H groups in total. The molecule has 4 rings (SSSR count). The lowest BCUT2D eigenvalue weighted by molar-refractivity contribution is 0.0950. The fraction of sp³-hybridized carbons (Fsp3) is 0.185. The number of carbonyl (C=O) groups is 1. The molecule has 0 aliphatic rings. The largest absolute Gasteiger partial charge is 0.346 e. The highest BCUT2D eigenvalue weighted by molar-refractivity contribution is 9.10. The first-order valence-corrected chi connectivity index (χ1v) is 13.6. The van der Waals surface area contributed by atoms with Gasteiger partial charge in [-0.25, -0.2) is 4.68 Å². The smallest absolute Gasteiger partial charge is 0.251 e. The molecule has 0 radical (unpaired) electrons. The normalized spacial score (nSPS) is 11.3. The second-order valence-electron chi connectivity index (χ2n) is 8.01. The van der Waals surface area contributed by atoms with E-state index in [9.17, 15) is 4.79 Å². The predicted molar refractivity (Wildman–Crippen MR) is 151 cm³/mol. The molecule has 2 aromatic heterocycles. The molecule has 0 saturated heterocycles. The number of nitrogens with zero attached hydrogens (tertiary/aromatic N) is 2. The first-order chi connectivity index (χ1) is 16.9. The minimum atomic E-state index is -0.156. The molecule has 0 spiro atoms. The molecule has 1 amide bonds. The molecule has 0 bridgehead atoms. The number of aromatic nitrogens is 2. The van der Waals surface area contributed by atoms with E-state index in [0.29, 0.717) is 22.2 Å². The number of hydrogen-bond donors (Lipinski definition) is 1. The molecule has 4 nitrogen and oxygen atoms in total. The van der Waals surface area contributed by atoms with Gasteiger partial charge in [0.15, 0.2) is 0 Å². The molecular weight excluding hydrogens is 565 g/mol. The van der Waals surface area contributed by atoms with Crippen LogP contribution in [-0.2, 0) is 6.54 Å². The van der Waals surface area contributed by atoms with Crippen LogP contribution in [0.3, 0.4) is 0 Å². The minimum Gasteiger partial charge on any atom is -0.346 e. The van der Waals surface area contributed by atoms with Crippen molar-refractivity contribution in [2.24, 2.45) is 0 Å². The van der Waals surface area contributed by atoms with Crippen molar-refractivity contribution in [3.05, 3.63) is 96.9 Å². The van der Waals surface area contributed by atoms with Crippen LogP contribution in [0.25, 0.3) is 22.3 Å². The summed E-state index contributed by atoms with van der Waals surface area (Å²) in [6, 6.07) is 16.8.